The molecule has 11 heteroatoms. The van der Waals surface area contributed by atoms with Gasteiger partial charge in [0.2, 0.25) is 10.0 Å². The van der Waals surface area contributed by atoms with Crippen LogP contribution in [0, 0.1) is 0 Å². The highest BCUT2D eigenvalue weighted by molar-refractivity contribution is 7.89. The Morgan fingerprint density at radius 3 is 1.95 bits per heavy atom. The molecule has 1 unspecified atom stereocenters. The molecule has 0 aliphatic heterocycles. The van der Waals surface area contributed by atoms with Gasteiger partial charge in [-0.2, -0.15) is 13.2 Å². The number of carbonyl (C=O) groups excluding carboxylic acids is 2. The number of alkyl halides is 3. The summed E-state index contributed by atoms with van der Waals surface area (Å²) < 4.78 is 74.4. The zero-order valence-electron chi connectivity index (χ0n) is 21.1. The number of methoxy groups -OCH3 is 1. The number of anilines is 1. The van der Waals surface area contributed by atoms with Gasteiger partial charge in [0.25, 0.3) is 0 Å². The second kappa shape index (κ2) is 11.0. The van der Waals surface area contributed by atoms with E-state index in [1.807, 2.05) is 0 Å². The van der Waals surface area contributed by atoms with Gasteiger partial charge < -0.3 is 4.74 Å². The van der Waals surface area contributed by atoms with E-state index in [2.05, 4.69) is 4.72 Å². The van der Waals surface area contributed by atoms with Gasteiger partial charge in [0.15, 0.2) is 6.04 Å². The maximum Gasteiger partial charge on any atom is 0.471 e. The molecular formula is C27H27F3N2O5S. The van der Waals surface area contributed by atoms with Crippen LogP contribution in [0.15, 0.2) is 83.8 Å². The number of rotatable bonds is 7. The number of esters is 1. The van der Waals surface area contributed by atoms with Crippen molar-refractivity contribution in [1.82, 2.24) is 4.72 Å². The van der Waals surface area contributed by atoms with E-state index in [1.165, 1.54) is 54.6 Å². The summed E-state index contributed by atoms with van der Waals surface area (Å²) >= 11 is 0. The van der Waals surface area contributed by atoms with Crippen molar-refractivity contribution in [3.8, 4) is 11.1 Å². The number of amides is 1. The van der Waals surface area contributed by atoms with E-state index in [9.17, 15) is 31.2 Å². The number of nitrogens with zero attached hydrogens (tertiary/aromatic N) is 1. The number of nitrogens with one attached hydrogen (secondary N) is 1. The van der Waals surface area contributed by atoms with Gasteiger partial charge in [-0.05, 0) is 50.1 Å². The zero-order valence-corrected chi connectivity index (χ0v) is 21.9. The second-order valence-corrected chi connectivity index (χ2v) is 11.1. The van der Waals surface area contributed by atoms with E-state index >= 15 is 0 Å². The summed E-state index contributed by atoms with van der Waals surface area (Å²) in [4.78, 5) is 25.5. The minimum atomic E-state index is -5.29. The van der Waals surface area contributed by atoms with Crippen molar-refractivity contribution in [3.05, 3.63) is 84.4 Å². The van der Waals surface area contributed by atoms with Crippen molar-refractivity contribution in [3.63, 3.8) is 0 Å². The number of hydrogen-bond donors (Lipinski definition) is 1. The summed E-state index contributed by atoms with van der Waals surface area (Å²) in [6, 6.07) is 17.1. The van der Waals surface area contributed by atoms with E-state index in [4.69, 9.17) is 4.74 Å². The highest BCUT2D eigenvalue weighted by Gasteiger charge is 2.47. The Kier molecular flexibility index (Phi) is 8.33. The van der Waals surface area contributed by atoms with E-state index < -0.39 is 39.7 Å². The molecular weight excluding hydrogens is 521 g/mol. The van der Waals surface area contributed by atoms with E-state index in [0.29, 0.717) is 16.0 Å². The highest BCUT2D eigenvalue weighted by Crippen LogP contribution is 2.35. The van der Waals surface area contributed by atoms with Gasteiger partial charge in [-0.1, -0.05) is 60.7 Å². The predicted octanol–water partition coefficient (Wildman–Crippen LogP) is 5.24. The number of carbonyl (C=O) groups is 2. The van der Waals surface area contributed by atoms with E-state index in [0.717, 1.165) is 7.11 Å². The lowest BCUT2D eigenvalue weighted by Gasteiger charge is -2.31. The summed E-state index contributed by atoms with van der Waals surface area (Å²) in [7, 11) is -2.93. The number of benzene rings is 3. The molecule has 3 aromatic rings. The molecule has 1 N–H and O–H groups in total. The molecule has 0 radical (unpaired) electrons. The molecule has 0 spiro atoms. The average Bonchev–Trinajstić information content (AvgIpc) is 2.85. The van der Waals surface area contributed by atoms with Gasteiger partial charge in [-0.15, -0.1) is 0 Å². The Morgan fingerprint density at radius 2 is 1.42 bits per heavy atom. The molecule has 0 bridgehead atoms. The maximum absolute atomic E-state index is 13.7. The molecule has 0 saturated carbocycles. The molecule has 38 heavy (non-hydrogen) atoms. The SMILES string of the molecule is COC(=O)C(c1ccccc1)N(C(=O)C(F)(F)F)c1ccc(-c2ccccc2S(=O)(=O)NC(C)(C)C)cc1. The van der Waals surface area contributed by atoms with Gasteiger partial charge in [-0.25, -0.2) is 17.9 Å². The Labute approximate surface area is 219 Å². The molecule has 3 aromatic carbocycles. The minimum Gasteiger partial charge on any atom is -0.467 e. The topological polar surface area (TPSA) is 92.8 Å². The number of sulfonamides is 1. The molecule has 0 saturated heterocycles. The first-order valence-electron chi connectivity index (χ1n) is 11.4. The van der Waals surface area contributed by atoms with Crippen LogP contribution in [0.1, 0.15) is 32.4 Å². The molecule has 202 valence electrons. The summed E-state index contributed by atoms with van der Waals surface area (Å²) in [6.07, 6.45) is -5.29. The fourth-order valence-electron chi connectivity index (χ4n) is 3.86. The van der Waals surface area contributed by atoms with Crippen molar-refractivity contribution in [2.24, 2.45) is 0 Å². The van der Waals surface area contributed by atoms with Crippen molar-refractivity contribution < 1.29 is 35.9 Å². The molecule has 0 heterocycles. The van der Waals surface area contributed by atoms with Crippen LogP contribution in [-0.2, 0) is 24.3 Å². The molecule has 3 rings (SSSR count). The third-order valence-electron chi connectivity index (χ3n) is 5.33. The smallest absolute Gasteiger partial charge is 0.467 e. The third kappa shape index (κ3) is 6.59. The largest absolute Gasteiger partial charge is 0.471 e. The number of hydrogen-bond acceptors (Lipinski definition) is 5. The van der Waals surface area contributed by atoms with Gasteiger partial charge in [0, 0.05) is 16.8 Å². The van der Waals surface area contributed by atoms with Crippen LogP contribution < -0.4 is 9.62 Å². The zero-order chi connectivity index (χ0) is 28.3. The first-order valence-corrected chi connectivity index (χ1v) is 12.9. The monoisotopic (exact) mass is 548 g/mol. The van der Waals surface area contributed by atoms with Crippen molar-refractivity contribution in [2.75, 3.05) is 12.0 Å². The average molecular weight is 549 g/mol. The van der Waals surface area contributed by atoms with Gasteiger partial charge in [-0.3, -0.25) is 9.69 Å². The summed E-state index contributed by atoms with van der Waals surface area (Å²) in [6.45, 7) is 5.08. The van der Waals surface area contributed by atoms with Crippen LogP contribution in [0.5, 0.6) is 0 Å². The quantitative estimate of drug-likeness (QED) is 0.408. The maximum atomic E-state index is 13.7. The highest BCUT2D eigenvalue weighted by atomic mass is 32.2. The van der Waals surface area contributed by atoms with E-state index in [1.54, 1.807) is 45.0 Å². The molecule has 1 atom stereocenters. The molecule has 0 aliphatic carbocycles. The van der Waals surface area contributed by atoms with Crippen molar-refractivity contribution in [2.45, 2.75) is 43.4 Å². The fourth-order valence-corrected chi connectivity index (χ4v) is 5.51. The van der Waals surface area contributed by atoms with Crippen molar-refractivity contribution in [1.29, 1.82) is 0 Å². The standard InChI is InChI=1S/C27H27F3N2O5S/c1-26(2,3)31-38(35,36)22-13-9-8-12-21(22)18-14-16-20(17-15-18)32(25(34)27(28,29)30)23(24(33)37-4)19-10-6-5-7-11-19/h5-17,23,31H,1-4H3. The summed E-state index contributed by atoms with van der Waals surface area (Å²) in [5, 5.41) is 0. The van der Waals surface area contributed by atoms with Gasteiger partial charge in [0.05, 0.1) is 12.0 Å². The van der Waals surface area contributed by atoms with Crippen LogP contribution in [-0.4, -0.2) is 39.1 Å². The molecule has 0 aliphatic rings. The number of halogens is 3. The third-order valence-corrected chi connectivity index (χ3v) is 7.15. The van der Waals surface area contributed by atoms with Crippen molar-refractivity contribution >= 4 is 27.6 Å². The lowest BCUT2D eigenvalue weighted by molar-refractivity contribution is -0.172. The molecule has 0 aromatic heterocycles. The summed E-state index contributed by atoms with van der Waals surface area (Å²) in [5.74, 6) is -3.33. The van der Waals surface area contributed by atoms with Crippen LogP contribution in [0.2, 0.25) is 0 Å². The molecule has 7 nitrogen and oxygen atoms in total. The normalized spacial score (nSPS) is 13.0. The molecule has 1 amide bonds. The van der Waals surface area contributed by atoms with E-state index in [-0.39, 0.29) is 16.1 Å². The van der Waals surface area contributed by atoms with Crippen LogP contribution in [0.25, 0.3) is 11.1 Å². The second-order valence-electron chi connectivity index (χ2n) is 9.41. The Balaban J connectivity index is 2.13. The van der Waals surface area contributed by atoms with Crippen LogP contribution in [0.4, 0.5) is 18.9 Å². The lowest BCUT2D eigenvalue weighted by atomic mass is 10.0. The van der Waals surface area contributed by atoms with Gasteiger partial charge >= 0.3 is 18.1 Å². The Morgan fingerprint density at radius 1 is 0.868 bits per heavy atom. The minimum absolute atomic E-state index is 0.0254. The first kappa shape index (κ1) is 28.9. The first-order chi connectivity index (χ1) is 17.7. The Bertz CT molecular complexity index is 1400. The molecule has 0 fully saturated rings. The lowest BCUT2D eigenvalue weighted by Crippen LogP contribution is -2.46. The van der Waals surface area contributed by atoms with Crippen LogP contribution in [0.3, 0.4) is 0 Å². The Hall–Kier alpha value is -3.70. The van der Waals surface area contributed by atoms with Gasteiger partial charge in [0.1, 0.15) is 0 Å². The van der Waals surface area contributed by atoms with Crippen LogP contribution >= 0.6 is 0 Å². The predicted molar refractivity (Wildman–Crippen MR) is 137 cm³/mol. The summed E-state index contributed by atoms with van der Waals surface area (Å²) in [5.41, 5.74) is -0.196. The fraction of sp³-hybridized carbons (Fsp3) is 0.259. The number of ether oxygens (including phenoxy) is 1.